The van der Waals surface area contributed by atoms with Gasteiger partial charge in [-0.25, -0.2) is 4.39 Å². The fourth-order valence-electron chi connectivity index (χ4n) is 4.52. The number of hydrogen-bond donors (Lipinski definition) is 2. The van der Waals surface area contributed by atoms with Gasteiger partial charge in [0.25, 0.3) is 5.91 Å². The van der Waals surface area contributed by atoms with E-state index >= 15 is 0 Å². The summed E-state index contributed by atoms with van der Waals surface area (Å²) in [5.41, 5.74) is 6.42. The highest BCUT2D eigenvalue weighted by Crippen LogP contribution is 2.30. The molecule has 2 aromatic rings. The van der Waals surface area contributed by atoms with Crippen molar-refractivity contribution in [1.82, 2.24) is 14.7 Å². The Labute approximate surface area is 187 Å². The second kappa shape index (κ2) is 10.1. The molecule has 3 heterocycles. The summed E-state index contributed by atoms with van der Waals surface area (Å²) in [7, 11) is 0. The Morgan fingerprint density at radius 2 is 2.03 bits per heavy atom. The summed E-state index contributed by atoms with van der Waals surface area (Å²) < 4.78 is 20.4. The molecule has 8 nitrogen and oxygen atoms in total. The molecule has 4 rings (SSSR count). The standard InChI is InChI=1S/C23H29FN6O2/c24-18-1-3-19(4-2-18)27-23-20(22(26)31)14-30(28-23)21-15-29(10-6-17(21)13-25)9-5-16-7-11-32-12-8-16/h1-4,14,16-17,21H,5-12,15H2,(H2,26,31)(H,27,28)/t17-,21+/m1/s1. The minimum absolute atomic E-state index is 0.176. The second-order valence-electron chi connectivity index (χ2n) is 8.60. The monoisotopic (exact) mass is 440 g/mol. The van der Waals surface area contributed by atoms with Crippen molar-refractivity contribution < 1.29 is 13.9 Å². The summed E-state index contributed by atoms with van der Waals surface area (Å²) in [6, 6.07) is 8.02. The fraction of sp³-hybridized carbons (Fsp3) is 0.522. The molecule has 1 aromatic carbocycles. The number of hydrogen-bond acceptors (Lipinski definition) is 6. The highest BCUT2D eigenvalue weighted by Gasteiger charge is 2.32. The number of aromatic nitrogens is 2. The number of likely N-dealkylation sites (tertiary alicyclic amines) is 1. The number of nitriles is 1. The number of carbonyl (C=O) groups is 1. The normalized spacial score (nSPS) is 22.4. The van der Waals surface area contributed by atoms with Gasteiger partial charge in [-0.05, 0) is 69.0 Å². The zero-order valence-corrected chi connectivity index (χ0v) is 18.0. The van der Waals surface area contributed by atoms with Gasteiger partial charge in [0.05, 0.1) is 18.0 Å². The molecule has 170 valence electrons. The van der Waals surface area contributed by atoms with Crippen molar-refractivity contribution in [3.05, 3.63) is 41.8 Å². The van der Waals surface area contributed by atoms with Gasteiger partial charge in [-0.3, -0.25) is 9.48 Å². The molecule has 2 atom stereocenters. The number of carbonyl (C=O) groups excluding carboxylic acids is 1. The van der Waals surface area contributed by atoms with E-state index in [9.17, 15) is 14.4 Å². The van der Waals surface area contributed by atoms with Crippen LogP contribution in [0.1, 0.15) is 42.1 Å². The van der Waals surface area contributed by atoms with E-state index in [1.54, 1.807) is 23.0 Å². The summed E-state index contributed by atoms with van der Waals surface area (Å²) in [4.78, 5) is 14.4. The molecule has 3 N–H and O–H groups in total. The van der Waals surface area contributed by atoms with Crippen LogP contribution in [-0.4, -0.2) is 53.4 Å². The van der Waals surface area contributed by atoms with Crippen molar-refractivity contribution in [1.29, 1.82) is 5.26 Å². The van der Waals surface area contributed by atoms with Gasteiger partial charge in [-0.1, -0.05) is 0 Å². The number of nitrogens with two attached hydrogens (primary N) is 1. The number of benzene rings is 1. The van der Waals surface area contributed by atoms with Crippen LogP contribution in [0.4, 0.5) is 15.9 Å². The third kappa shape index (κ3) is 5.26. The van der Waals surface area contributed by atoms with E-state index in [2.05, 4.69) is 21.4 Å². The van der Waals surface area contributed by atoms with Gasteiger partial charge in [0.2, 0.25) is 0 Å². The zero-order chi connectivity index (χ0) is 22.5. The van der Waals surface area contributed by atoms with E-state index in [1.807, 2.05) is 0 Å². The number of piperidine rings is 1. The molecule has 2 saturated heterocycles. The maximum atomic E-state index is 13.2. The Hall–Kier alpha value is -2.96. The molecule has 0 aliphatic carbocycles. The van der Waals surface area contributed by atoms with Gasteiger partial charge in [0, 0.05) is 31.6 Å². The van der Waals surface area contributed by atoms with Crippen molar-refractivity contribution >= 4 is 17.4 Å². The van der Waals surface area contributed by atoms with Gasteiger partial charge >= 0.3 is 0 Å². The van der Waals surface area contributed by atoms with Crippen molar-refractivity contribution in [2.45, 2.75) is 31.7 Å². The predicted octanol–water partition coefficient (Wildman–Crippen LogP) is 3.07. The molecular formula is C23H29FN6O2. The molecule has 0 unspecified atom stereocenters. The number of halogens is 1. The molecule has 1 aromatic heterocycles. The lowest BCUT2D eigenvalue weighted by Crippen LogP contribution is -2.42. The van der Waals surface area contributed by atoms with Crippen molar-refractivity contribution in [3.8, 4) is 6.07 Å². The fourth-order valence-corrected chi connectivity index (χ4v) is 4.52. The molecule has 2 fully saturated rings. The average molecular weight is 441 g/mol. The Bertz CT molecular complexity index is 964. The number of ether oxygens (including phenoxy) is 1. The van der Waals surface area contributed by atoms with E-state index < -0.39 is 5.91 Å². The van der Waals surface area contributed by atoms with Crippen LogP contribution in [0.3, 0.4) is 0 Å². The highest BCUT2D eigenvalue weighted by molar-refractivity contribution is 5.98. The molecule has 2 aliphatic rings. The lowest BCUT2D eigenvalue weighted by atomic mass is 9.91. The molecule has 32 heavy (non-hydrogen) atoms. The Morgan fingerprint density at radius 3 is 2.72 bits per heavy atom. The number of nitrogens with zero attached hydrogens (tertiary/aromatic N) is 4. The van der Waals surface area contributed by atoms with Crippen LogP contribution in [-0.2, 0) is 4.74 Å². The maximum Gasteiger partial charge on any atom is 0.254 e. The summed E-state index contributed by atoms with van der Waals surface area (Å²) in [6.45, 7) is 4.23. The van der Waals surface area contributed by atoms with Crippen LogP contribution in [0, 0.1) is 29.0 Å². The molecule has 1 amide bonds. The first-order chi connectivity index (χ1) is 15.5. The van der Waals surface area contributed by atoms with E-state index in [0.717, 1.165) is 52.0 Å². The number of nitrogens with one attached hydrogen (secondary N) is 1. The van der Waals surface area contributed by atoms with Crippen LogP contribution in [0.25, 0.3) is 0 Å². The van der Waals surface area contributed by atoms with Crippen molar-refractivity contribution in [2.24, 2.45) is 17.6 Å². The number of rotatable bonds is 7. The molecule has 0 radical (unpaired) electrons. The Kier molecular flexibility index (Phi) is 7.02. The Morgan fingerprint density at radius 1 is 1.28 bits per heavy atom. The Balaban J connectivity index is 1.49. The zero-order valence-electron chi connectivity index (χ0n) is 18.0. The summed E-state index contributed by atoms with van der Waals surface area (Å²) in [5.74, 6) is -0.167. The van der Waals surface area contributed by atoms with Gasteiger partial charge in [0.1, 0.15) is 11.4 Å². The second-order valence-corrected chi connectivity index (χ2v) is 8.60. The quantitative estimate of drug-likeness (QED) is 0.685. The van der Waals surface area contributed by atoms with Gasteiger partial charge < -0.3 is 20.7 Å². The molecule has 0 bridgehead atoms. The largest absolute Gasteiger partial charge is 0.381 e. The third-order valence-electron chi connectivity index (χ3n) is 6.47. The van der Waals surface area contributed by atoms with Crippen LogP contribution in [0.15, 0.2) is 30.5 Å². The van der Waals surface area contributed by atoms with E-state index in [4.69, 9.17) is 10.5 Å². The van der Waals surface area contributed by atoms with Crippen molar-refractivity contribution in [3.63, 3.8) is 0 Å². The molecule has 0 saturated carbocycles. The average Bonchev–Trinajstić information content (AvgIpc) is 3.23. The molecule has 9 heteroatoms. The minimum Gasteiger partial charge on any atom is -0.381 e. The van der Waals surface area contributed by atoms with Gasteiger partial charge in [-0.15, -0.1) is 0 Å². The molecular weight excluding hydrogens is 411 g/mol. The maximum absolute atomic E-state index is 13.2. The number of anilines is 2. The van der Waals surface area contributed by atoms with Crippen LogP contribution in [0.5, 0.6) is 0 Å². The minimum atomic E-state index is -0.610. The first-order valence-electron chi connectivity index (χ1n) is 11.1. The number of primary amides is 1. The van der Waals surface area contributed by atoms with Crippen molar-refractivity contribution in [2.75, 3.05) is 38.2 Å². The van der Waals surface area contributed by atoms with Crippen LogP contribution in [0.2, 0.25) is 0 Å². The summed E-state index contributed by atoms with van der Waals surface area (Å²) in [6.07, 6.45) is 5.71. The third-order valence-corrected chi connectivity index (χ3v) is 6.47. The molecule has 0 spiro atoms. The lowest BCUT2D eigenvalue weighted by Gasteiger charge is -2.36. The smallest absolute Gasteiger partial charge is 0.254 e. The first kappa shape index (κ1) is 22.2. The summed E-state index contributed by atoms with van der Waals surface area (Å²) in [5, 5.41) is 17.3. The lowest BCUT2D eigenvalue weighted by molar-refractivity contribution is 0.0560. The summed E-state index contributed by atoms with van der Waals surface area (Å²) >= 11 is 0. The SMILES string of the molecule is N#C[C@H]1CCN(CCC2CCOCC2)C[C@@H]1n1cc(C(N)=O)c(Nc2ccc(F)cc2)n1. The van der Waals surface area contributed by atoms with Crippen LogP contribution >= 0.6 is 0 Å². The van der Waals surface area contributed by atoms with Crippen LogP contribution < -0.4 is 11.1 Å². The predicted molar refractivity (Wildman–Crippen MR) is 118 cm³/mol. The topological polar surface area (TPSA) is 109 Å². The highest BCUT2D eigenvalue weighted by atomic mass is 19.1. The first-order valence-corrected chi connectivity index (χ1v) is 11.1. The van der Waals surface area contributed by atoms with E-state index in [1.165, 1.54) is 12.1 Å². The number of amides is 1. The van der Waals surface area contributed by atoms with Gasteiger partial charge in [-0.2, -0.15) is 10.4 Å². The van der Waals surface area contributed by atoms with E-state index in [0.29, 0.717) is 24.0 Å². The van der Waals surface area contributed by atoms with E-state index in [-0.39, 0.29) is 23.3 Å². The molecule has 2 aliphatic heterocycles. The van der Waals surface area contributed by atoms with Gasteiger partial charge in [0.15, 0.2) is 5.82 Å².